The van der Waals surface area contributed by atoms with Gasteiger partial charge in [0.1, 0.15) is 11.3 Å². The molecular weight excluding hydrogens is 306 g/mol. The largest absolute Gasteiger partial charge is 0.494 e. The lowest BCUT2D eigenvalue weighted by Crippen LogP contribution is -2.11. The topological polar surface area (TPSA) is 88.9 Å². The lowest BCUT2D eigenvalue weighted by atomic mass is 9.83. The molecule has 1 aliphatic carbocycles. The molecule has 2 aromatic heterocycles. The summed E-state index contributed by atoms with van der Waals surface area (Å²) in [6.45, 7) is 2.30. The molecule has 7 nitrogen and oxygen atoms in total. The maximum absolute atomic E-state index is 5.79. The van der Waals surface area contributed by atoms with Crippen molar-refractivity contribution >= 4 is 23.0 Å². The van der Waals surface area contributed by atoms with E-state index < -0.39 is 0 Å². The second kappa shape index (κ2) is 6.14. The summed E-state index contributed by atoms with van der Waals surface area (Å²) in [6.07, 6.45) is 4.67. The molecule has 0 saturated heterocycles. The Morgan fingerprint density at radius 3 is 2.83 bits per heavy atom. The predicted octanol–water partition coefficient (Wildman–Crippen LogP) is 3.99. The zero-order valence-corrected chi connectivity index (χ0v) is 13.9. The molecule has 2 N–H and O–H groups in total. The number of rotatable bonds is 4. The van der Waals surface area contributed by atoms with E-state index in [-0.39, 0.29) is 0 Å². The summed E-state index contributed by atoms with van der Waals surface area (Å²) in [6, 6.07) is 6.10. The van der Waals surface area contributed by atoms with Gasteiger partial charge in [0.05, 0.1) is 12.6 Å². The lowest BCUT2D eigenvalue weighted by Gasteiger charge is -2.23. The molecule has 1 aliphatic rings. The average Bonchev–Trinajstić information content (AvgIpc) is 3.22. The van der Waals surface area contributed by atoms with E-state index in [1.807, 2.05) is 18.2 Å². The van der Waals surface area contributed by atoms with Crippen LogP contribution in [0.3, 0.4) is 0 Å². The fraction of sp³-hybridized carbons (Fsp3) is 0.471. The Labute approximate surface area is 139 Å². The van der Waals surface area contributed by atoms with Gasteiger partial charge in [0, 0.05) is 5.92 Å². The van der Waals surface area contributed by atoms with Gasteiger partial charge >= 0.3 is 6.01 Å². The highest BCUT2D eigenvalue weighted by Crippen LogP contribution is 2.35. The van der Waals surface area contributed by atoms with E-state index >= 15 is 0 Å². The van der Waals surface area contributed by atoms with Crippen LogP contribution in [-0.2, 0) is 0 Å². The number of methoxy groups -OCH3 is 1. The first-order valence-corrected chi connectivity index (χ1v) is 8.36. The van der Waals surface area contributed by atoms with E-state index in [4.69, 9.17) is 9.15 Å². The molecule has 2 heterocycles. The Bertz CT molecular complexity index is 832. The molecule has 3 aromatic rings. The summed E-state index contributed by atoms with van der Waals surface area (Å²) in [5, 5.41) is 11.4. The Morgan fingerprint density at radius 1 is 1.21 bits per heavy atom. The van der Waals surface area contributed by atoms with E-state index in [9.17, 15) is 0 Å². The molecule has 0 spiro atoms. The van der Waals surface area contributed by atoms with Crippen LogP contribution in [0, 0.1) is 5.92 Å². The number of aromatic nitrogens is 4. The van der Waals surface area contributed by atoms with E-state index in [0.29, 0.717) is 17.9 Å². The van der Waals surface area contributed by atoms with Gasteiger partial charge in [-0.3, -0.25) is 5.32 Å². The second-order valence-corrected chi connectivity index (χ2v) is 6.47. The zero-order valence-electron chi connectivity index (χ0n) is 13.9. The van der Waals surface area contributed by atoms with Crippen molar-refractivity contribution in [2.45, 2.75) is 38.5 Å². The maximum atomic E-state index is 5.79. The Balaban J connectivity index is 1.52. The summed E-state index contributed by atoms with van der Waals surface area (Å²) in [5.74, 6) is 3.17. The molecule has 0 amide bonds. The van der Waals surface area contributed by atoms with Crippen LogP contribution in [0.1, 0.15) is 44.4 Å². The van der Waals surface area contributed by atoms with Gasteiger partial charge in [-0.1, -0.05) is 18.1 Å². The highest BCUT2D eigenvalue weighted by Gasteiger charge is 2.24. The summed E-state index contributed by atoms with van der Waals surface area (Å²) in [4.78, 5) is 7.67. The molecule has 4 rings (SSSR count). The first-order chi connectivity index (χ1) is 11.7. The molecule has 1 saturated carbocycles. The van der Waals surface area contributed by atoms with Gasteiger partial charge in [-0.05, 0) is 43.7 Å². The predicted molar refractivity (Wildman–Crippen MR) is 90.6 cm³/mol. The maximum Gasteiger partial charge on any atom is 0.322 e. The summed E-state index contributed by atoms with van der Waals surface area (Å²) in [5.41, 5.74) is 1.65. The number of ether oxygens (including phenoxy) is 1. The summed E-state index contributed by atoms with van der Waals surface area (Å²) < 4.78 is 11.1. The van der Waals surface area contributed by atoms with Gasteiger partial charge in [0.2, 0.25) is 11.8 Å². The zero-order chi connectivity index (χ0) is 16.5. The molecule has 0 radical (unpaired) electrons. The van der Waals surface area contributed by atoms with Gasteiger partial charge < -0.3 is 14.1 Å². The Hall–Kier alpha value is -2.57. The summed E-state index contributed by atoms with van der Waals surface area (Å²) in [7, 11) is 1.63. The van der Waals surface area contributed by atoms with Crippen molar-refractivity contribution in [1.29, 1.82) is 0 Å². The lowest BCUT2D eigenvalue weighted by molar-refractivity contribution is 0.309. The van der Waals surface area contributed by atoms with Crippen molar-refractivity contribution in [3.05, 3.63) is 24.1 Å². The SMILES string of the molecule is COc1cccc2[nH]c(Nc3nnc(C4CCC(C)CC4)o3)nc12. The number of aromatic amines is 1. The van der Waals surface area contributed by atoms with Crippen LogP contribution in [-0.4, -0.2) is 27.3 Å². The minimum absolute atomic E-state index is 0.363. The number of nitrogens with zero attached hydrogens (tertiary/aromatic N) is 3. The number of hydrogen-bond acceptors (Lipinski definition) is 6. The molecule has 24 heavy (non-hydrogen) atoms. The fourth-order valence-electron chi connectivity index (χ4n) is 3.29. The highest BCUT2D eigenvalue weighted by molar-refractivity contribution is 5.83. The van der Waals surface area contributed by atoms with Crippen molar-refractivity contribution in [1.82, 2.24) is 20.2 Å². The van der Waals surface area contributed by atoms with Crippen LogP contribution in [0.15, 0.2) is 22.6 Å². The number of para-hydroxylation sites is 1. The van der Waals surface area contributed by atoms with Crippen LogP contribution < -0.4 is 10.1 Å². The van der Waals surface area contributed by atoms with Crippen molar-refractivity contribution in [2.24, 2.45) is 5.92 Å². The van der Waals surface area contributed by atoms with Crippen LogP contribution in [0.2, 0.25) is 0 Å². The van der Waals surface area contributed by atoms with E-state index in [1.54, 1.807) is 7.11 Å². The molecule has 0 bridgehead atoms. The third-order valence-corrected chi connectivity index (χ3v) is 4.73. The van der Waals surface area contributed by atoms with Crippen molar-refractivity contribution in [3.8, 4) is 5.75 Å². The number of fused-ring (bicyclic) bond motifs is 1. The minimum atomic E-state index is 0.363. The normalized spacial score (nSPS) is 21.1. The van der Waals surface area contributed by atoms with Crippen LogP contribution >= 0.6 is 0 Å². The number of imidazole rings is 1. The number of H-pyrrole nitrogens is 1. The molecule has 1 aromatic carbocycles. The monoisotopic (exact) mass is 327 g/mol. The standard InChI is InChI=1S/C17H21N5O2/c1-10-6-8-11(9-7-10)15-21-22-17(24-15)20-16-18-12-4-3-5-13(23-2)14(12)19-16/h3-5,10-11H,6-9H2,1-2H3,(H2,18,19,20,22). The quantitative estimate of drug-likeness (QED) is 0.753. The van der Waals surface area contributed by atoms with Crippen LogP contribution in [0.4, 0.5) is 12.0 Å². The first kappa shape index (κ1) is 15.0. The number of benzene rings is 1. The van der Waals surface area contributed by atoms with Crippen molar-refractivity contribution in [2.75, 3.05) is 12.4 Å². The molecule has 126 valence electrons. The van der Waals surface area contributed by atoms with Crippen LogP contribution in [0.25, 0.3) is 11.0 Å². The van der Waals surface area contributed by atoms with Gasteiger partial charge in [0.15, 0.2) is 0 Å². The third kappa shape index (κ3) is 2.81. The van der Waals surface area contributed by atoms with Gasteiger partial charge in [-0.2, -0.15) is 0 Å². The number of nitrogens with one attached hydrogen (secondary N) is 2. The minimum Gasteiger partial charge on any atom is -0.494 e. The number of anilines is 2. The van der Waals surface area contributed by atoms with Gasteiger partial charge in [-0.15, -0.1) is 5.10 Å². The summed E-state index contributed by atoms with van der Waals surface area (Å²) >= 11 is 0. The van der Waals surface area contributed by atoms with Crippen molar-refractivity contribution < 1.29 is 9.15 Å². The van der Waals surface area contributed by atoms with Crippen molar-refractivity contribution in [3.63, 3.8) is 0 Å². The first-order valence-electron chi connectivity index (χ1n) is 8.36. The van der Waals surface area contributed by atoms with Gasteiger partial charge in [0.25, 0.3) is 0 Å². The molecule has 1 fully saturated rings. The number of hydrogen-bond donors (Lipinski definition) is 2. The second-order valence-electron chi connectivity index (χ2n) is 6.47. The van der Waals surface area contributed by atoms with E-state index in [0.717, 1.165) is 41.4 Å². The molecule has 0 atom stereocenters. The molecule has 0 aliphatic heterocycles. The average molecular weight is 327 g/mol. The smallest absolute Gasteiger partial charge is 0.322 e. The fourth-order valence-corrected chi connectivity index (χ4v) is 3.29. The molecule has 0 unspecified atom stereocenters. The third-order valence-electron chi connectivity index (χ3n) is 4.73. The van der Waals surface area contributed by atoms with Crippen LogP contribution in [0.5, 0.6) is 5.75 Å². The van der Waals surface area contributed by atoms with E-state index in [1.165, 1.54) is 12.8 Å². The van der Waals surface area contributed by atoms with E-state index in [2.05, 4.69) is 32.4 Å². The van der Waals surface area contributed by atoms with Gasteiger partial charge in [-0.25, -0.2) is 4.98 Å². The Morgan fingerprint density at radius 2 is 2.04 bits per heavy atom. The Kier molecular flexibility index (Phi) is 3.84. The molecule has 7 heteroatoms. The molecular formula is C17H21N5O2. The highest BCUT2D eigenvalue weighted by atomic mass is 16.5.